The van der Waals surface area contributed by atoms with Gasteiger partial charge in [-0.1, -0.05) is 17.7 Å². The molecular weight excluding hydrogens is 473 g/mol. The highest BCUT2D eigenvalue weighted by atomic mass is 35.5. The van der Waals surface area contributed by atoms with E-state index in [0.717, 1.165) is 11.3 Å². The molecule has 0 bridgehead atoms. The van der Waals surface area contributed by atoms with Crippen LogP contribution in [0, 0.1) is 5.41 Å². The number of alkyl halides is 1. The lowest BCUT2D eigenvalue weighted by Crippen LogP contribution is -2.31. The van der Waals surface area contributed by atoms with Gasteiger partial charge in [0.15, 0.2) is 5.76 Å². The van der Waals surface area contributed by atoms with Gasteiger partial charge in [0.2, 0.25) is 5.89 Å². The van der Waals surface area contributed by atoms with Crippen molar-refractivity contribution < 1.29 is 18.3 Å². The maximum atomic E-state index is 13.1. The summed E-state index contributed by atoms with van der Waals surface area (Å²) in [5, 5.41) is 13.3. The van der Waals surface area contributed by atoms with Gasteiger partial charge in [-0.3, -0.25) is 10.2 Å². The van der Waals surface area contributed by atoms with Gasteiger partial charge >= 0.3 is 0 Å². The summed E-state index contributed by atoms with van der Waals surface area (Å²) in [6, 6.07) is 12.2. The van der Waals surface area contributed by atoms with Crippen LogP contribution in [0.5, 0.6) is 5.75 Å². The van der Waals surface area contributed by atoms with Crippen molar-refractivity contribution >= 4 is 29.0 Å². The van der Waals surface area contributed by atoms with Crippen molar-refractivity contribution in [3.63, 3.8) is 0 Å². The zero-order valence-corrected chi connectivity index (χ0v) is 20.7. The Morgan fingerprint density at radius 1 is 1.26 bits per heavy atom. The number of oxazole rings is 1. The first-order valence-corrected chi connectivity index (χ1v) is 11.5. The third kappa shape index (κ3) is 6.73. The second-order valence-electron chi connectivity index (χ2n) is 8.03. The topological polar surface area (TPSA) is 103 Å². The quantitative estimate of drug-likeness (QED) is 0.197. The number of halogens is 2. The molecule has 1 heterocycles. The summed E-state index contributed by atoms with van der Waals surface area (Å²) in [7, 11) is 5.40. The van der Waals surface area contributed by atoms with Crippen molar-refractivity contribution in [1.29, 1.82) is 5.41 Å². The molecule has 0 aliphatic heterocycles. The lowest BCUT2D eigenvalue weighted by atomic mass is 10.1. The highest BCUT2D eigenvalue weighted by molar-refractivity contribution is 6.34. The number of nitrogens with one attached hydrogen (secondary N) is 3. The van der Waals surface area contributed by atoms with E-state index in [1.165, 1.54) is 7.11 Å². The van der Waals surface area contributed by atoms with Crippen molar-refractivity contribution in [3.05, 3.63) is 65.1 Å². The average molecular weight is 502 g/mol. The molecule has 8 nitrogen and oxygen atoms in total. The van der Waals surface area contributed by atoms with Gasteiger partial charge in [0.25, 0.3) is 5.91 Å². The molecule has 0 aliphatic rings. The number of benzene rings is 2. The van der Waals surface area contributed by atoms with E-state index in [0.29, 0.717) is 36.8 Å². The maximum absolute atomic E-state index is 13.1. The first kappa shape index (κ1) is 26.0. The number of carbonyl (C=O) groups is 1. The fourth-order valence-electron chi connectivity index (χ4n) is 3.48. The number of amides is 1. The van der Waals surface area contributed by atoms with Gasteiger partial charge in [-0.2, -0.15) is 0 Å². The molecule has 3 rings (SSSR count). The van der Waals surface area contributed by atoms with E-state index in [-0.39, 0.29) is 16.4 Å². The third-order valence-corrected chi connectivity index (χ3v) is 5.67. The molecule has 3 N–H and O–H groups in total. The molecule has 186 valence electrons. The second kappa shape index (κ2) is 12.2. The van der Waals surface area contributed by atoms with E-state index in [1.54, 1.807) is 24.4 Å². The molecule has 2 aromatic carbocycles. The monoisotopic (exact) mass is 501 g/mol. The van der Waals surface area contributed by atoms with Crippen LogP contribution in [-0.2, 0) is 0 Å². The van der Waals surface area contributed by atoms with Gasteiger partial charge in [0.05, 0.1) is 23.9 Å². The van der Waals surface area contributed by atoms with Crippen LogP contribution in [0.1, 0.15) is 35.1 Å². The summed E-state index contributed by atoms with van der Waals surface area (Å²) in [6.07, 6.45) is 2.58. The molecule has 0 saturated heterocycles. The summed E-state index contributed by atoms with van der Waals surface area (Å²) in [5.74, 6) is 0.623. The summed E-state index contributed by atoms with van der Waals surface area (Å²) >= 11 is 6.28. The van der Waals surface area contributed by atoms with Crippen LogP contribution in [0.3, 0.4) is 0 Å². The predicted octanol–water partition coefficient (Wildman–Crippen LogP) is 4.86. The van der Waals surface area contributed by atoms with Crippen molar-refractivity contribution in [2.24, 2.45) is 0 Å². The lowest BCUT2D eigenvalue weighted by molar-refractivity contribution is 0.0924. The Hall–Kier alpha value is -3.59. The Bertz CT molecular complexity index is 1150. The van der Waals surface area contributed by atoms with Crippen LogP contribution in [-0.4, -0.2) is 51.2 Å². The second-order valence-corrected chi connectivity index (χ2v) is 8.44. The largest absolute Gasteiger partial charge is 0.496 e. The number of nitrogens with zero attached hydrogens (tertiary/aromatic N) is 2. The van der Waals surface area contributed by atoms with E-state index in [1.807, 2.05) is 43.3 Å². The summed E-state index contributed by atoms with van der Waals surface area (Å²) in [6.45, 7) is -0.494. The number of hydrogen-bond donors (Lipinski definition) is 3. The summed E-state index contributed by atoms with van der Waals surface area (Å²) < 4.78 is 23.9. The van der Waals surface area contributed by atoms with E-state index >= 15 is 0 Å². The number of anilines is 1. The van der Waals surface area contributed by atoms with Crippen LogP contribution >= 0.6 is 11.6 Å². The summed E-state index contributed by atoms with van der Waals surface area (Å²) in [5.41, 5.74) is 2.12. The Morgan fingerprint density at radius 2 is 2.00 bits per heavy atom. The fourth-order valence-corrected chi connectivity index (χ4v) is 3.73. The number of amidine groups is 1. The zero-order chi connectivity index (χ0) is 25.4. The van der Waals surface area contributed by atoms with Gasteiger partial charge in [0.1, 0.15) is 24.3 Å². The fraction of sp³-hybridized carbons (Fsp3) is 0.320. The molecule has 0 aliphatic carbocycles. The van der Waals surface area contributed by atoms with Gasteiger partial charge < -0.3 is 24.7 Å². The average Bonchev–Trinajstić information content (AvgIpc) is 3.35. The van der Waals surface area contributed by atoms with Crippen molar-refractivity contribution in [1.82, 2.24) is 15.6 Å². The lowest BCUT2D eigenvalue weighted by Gasteiger charge is -2.18. The number of aromatic nitrogens is 1. The molecule has 35 heavy (non-hydrogen) atoms. The minimum absolute atomic E-state index is 0.189. The minimum atomic E-state index is -0.859. The van der Waals surface area contributed by atoms with Crippen LogP contribution in [0.25, 0.3) is 11.3 Å². The molecule has 0 saturated carbocycles. The molecule has 0 fully saturated rings. The normalized spacial score (nSPS) is 11.6. The smallest absolute Gasteiger partial charge is 0.257 e. The number of hydrogen-bond acceptors (Lipinski definition) is 6. The van der Waals surface area contributed by atoms with Gasteiger partial charge in [-0.25, -0.2) is 9.37 Å². The van der Waals surface area contributed by atoms with Crippen LogP contribution in [0.2, 0.25) is 5.02 Å². The number of ether oxygens (including phenoxy) is 1. The standard InChI is InChI=1S/C25H29ClFN5O3/c1-32(2)17-11-9-16(10-12-17)21-15-30-25(35-21)19(7-5-13-29-22(28)14-27)31-24(33)23-18(26)6-4-8-20(23)34-3/h4,6,8-12,15,19H,5,7,13-14H2,1-3H3,(H2,28,29)(H,31,33). The third-order valence-electron chi connectivity index (χ3n) is 5.36. The zero-order valence-electron chi connectivity index (χ0n) is 19.9. The van der Waals surface area contributed by atoms with Crippen molar-refractivity contribution in [2.75, 3.05) is 39.3 Å². The Labute approximate surface area is 208 Å². The maximum Gasteiger partial charge on any atom is 0.257 e. The molecule has 10 heteroatoms. The highest BCUT2D eigenvalue weighted by Gasteiger charge is 2.24. The van der Waals surface area contributed by atoms with E-state index in [9.17, 15) is 9.18 Å². The number of carbonyl (C=O) groups excluding carboxylic acids is 1. The minimum Gasteiger partial charge on any atom is -0.496 e. The number of rotatable bonds is 11. The molecule has 1 atom stereocenters. The Kier molecular flexibility index (Phi) is 9.08. The van der Waals surface area contributed by atoms with Crippen LogP contribution in [0.4, 0.5) is 10.1 Å². The Morgan fingerprint density at radius 3 is 2.66 bits per heavy atom. The SMILES string of the molecule is COc1cccc(Cl)c1C(=O)NC(CCCNC(=N)CF)c1ncc(-c2ccc(N(C)C)cc2)o1. The molecular formula is C25H29ClFN5O3. The molecule has 3 aromatic rings. The highest BCUT2D eigenvalue weighted by Crippen LogP contribution is 2.29. The van der Waals surface area contributed by atoms with Gasteiger partial charge in [-0.05, 0) is 49.2 Å². The van der Waals surface area contributed by atoms with Gasteiger partial charge in [0, 0.05) is 31.9 Å². The first-order valence-electron chi connectivity index (χ1n) is 11.1. The van der Waals surface area contributed by atoms with Crippen molar-refractivity contribution in [3.8, 4) is 17.1 Å². The molecule has 1 amide bonds. The van der Waals surface area contributed by atoms with E-state index in [4.69, 9.17) is 26.2 Å². The van der Waals surface area contributed by atoms with Crippen LogP contribution < -0.4 is 20.3 Å². The van der Waals surface area contributed by atoms with Gasteiger partial charge in [-0.15, -0.1) is 0 Å². The first-order chi connectivity index (χ1) is 16.8. The van der Waals surface area contributed by atoms with E-state index in [2.05, 4.69) is 15.6 Å². The van der Waals surface area contributed by atoms with E-state index < -0.39 is 18.6 Å². The predicted molar refractivity (Wildman–Crippen MR) is 135 cm³/mol. The number of methoxy groups -OCH3 is 1. The molecule has 0 radical (unpaired) electrons. The molecule has 1 aromatic heterocycles. The summed E-state index contributed by atoms with van der Waals surface area (Å²) in [4.78, 5) is 19.6. The van der Waals surface area contributed by atoms with Crippen LogP contribution in [0.15, 0.2) is 53.1 Å². The molecule has 0 spiro atoms. The van der Waals surface area contributed by atoms with Crippen molar-refractivity contribution in [2.45, 2.75) is 18.9 Å². The Balaban J connectivity index is 1.82. The molecule has 1 unspecified atom stereocenters.